The molecule has 2 fully saturated rings. The number of nitrogens with one attached hydrogen (secondary N) is 2. The van der Waals surface area contributed by atoms with E-state index in [1.54, 1.807) is 0 Å². The predicted molar refractivity (Wildman–Crippen MR) is 116 cm³/mol. The van der Waals surface area contributed by atoms with Crippen LogP contribution in [0.15, 0.2) is 4.99 Å². The molecule has 3 aliphatic rings. The minimum absolute atomic E-state index is 0.0319. The Morgan fingerprint density at radius 1 is 1.33 bits per heavy atom. The summed E-state index contributed by atoms with van der Waals surface area (Å²) in [5.74, 6) is -0.853. The van der Waals surface area contributed by atoms with Gasteiger partial charge in [0.05, 0.1) is 32.0 Å². The summed E-state index contributed by atoms with van der Waals surface area (Å²) in [6.07, 6.45) is 2.10. The first-order chi connectivity index (χ1) is 14.5. The molecule has 0 saturated carbocycles. The van der Waals surface area contributed by atoms with Crippen molar-refractivity contribution in [2.45, 2.75) is 63.4 Å². The Labute approximate surface area is 179 Å². The third-order valence-electron chi connectivity index (χ3n) is 6.63. The molecule has 1 amide bonds. The van der Waals surface area contributed by atoms with E-state index in [9.17, 15) is 9.18 Å². The molecule has 0 spiro atoms. The van der Waals surface area contributed by atoms with Gasteiger partial charge in [-0.05, 0) is 38.1 Å². The quantitative estimate of drug-likeness (QED) is 0.426. The zero-order valence-electron chi connectivity index (χ0n) is 18.2. The molecule has 30 heavy (non-hydrogen) atoms. The van der Waals surface area contributed by atoms with Crippen LogP contribution in [-0.2, 0) is 9.53 Å². The summed E-state index contributed by atoms with van der Waals surface area (Å²) in [6, 6.07) is 0.224. The van der Waals surface area contributed by atoms with Gasteiger partial charge in [-0.25, -0.2) is 4.39 Å². The Kier molecular flexibility index (Phi) is 9.00. The van der Waals surface area contributed by atoms with Crippen molar-refractivity contribution in [3.05, 3.63) is 0 Å². The summed E-state index contributed by atoms with van der Waals surface area (Å²) in [6.45, 7) is 7.01. The fourth-order valence-electron chi connectivity index (χ4n) is 5.06. The van der Waals surface area contributed by atoms with Gasteiger partial charge < -0.3 is 26.8 Å². The van der Waals surface area contributed by atoms with Crippen molar-refractivity contribution in [3.8, 4) is 0 Å². The average molecular weight is 427 g/mol. The van der Waals surface area contributed by atoms with Gasteiger partial charge in [-0.1, -0.05) is 13.3 Å². The second kappa shape index (κ2) is 11.5. The number of carbonyl (C=O) groups excluding carboxylic acids is 1. The Hall–Kier alpha value is -1.13. The van der Waals surface area contributed by atoms with Gasteiger partial charge in [-0.15, -0.1) is 0 Å². The molecule has 8 nitrogen and oxygen atoms in total. The van der Waals surface area contributed by atoms with E-state index in [1.165, 1.54) is 0 Å². The highest BCUT2D eigenvalue weighted by atomic mass is 19.1. The lowest BCUT2D eigenvalue weighted by Crippen LogP contribution is -2.63. The van der Waals surface area contributed by atoms with Crippen LogP contribution in [-0.4, -0.2) is 86.9 Å². The first-order valence-electron chi connectivity index (χ1n) is 11.5. The Bertz CT molecular complexity index is 584. The SMILES string of the molecule is CCCC1CCC(F)CN=C1C(C(=O)NC1CNCCC1N1CCOCC1)C(N)N. The van der Waals surface area contributed by atoms with E-state index in [2.05, 4.69) is 27.4 Å². The zero-order valence-corrected chi connectivity index (χ0v) is 18.2. The Morgan fingerprint density at radius 2 is 2.10 bits per heavy atom. The summed E-state index contributed by atoms with van der Waals surface area (Å²) in [5.41, 5.74) is 12.9. The fourth-order valence-corrected chi connectivity index (χ4v) is 5.06. The van der Waals surface area contributed by atoms with Crippen molar-refractivity contribution < 1.29 is 13.9 Å². The number of morpholine rings is 1. The number of amides is 1. The van der Waals surface area contributed by atoms with Crippen molar-refractivity contribution in [2.24, 2.45) is 28.3 Å². The van der Waals surface area contributed by atoms with Crippen LogP contribution in [0.3, 0.4) is 0 Å². The molecule has 0 aromatic rings. The summed E-state index contributed by atoms with van der Waals surface area (Å²) in [7, 11) is 0. The van der Waals surface area contributed by atoms with Crippen molar-refractivity contribution in [3.63, 3.8) is 0 Å². The van der Waals surface area contributed by atoms with E-state index in [-0.39, 0.29) is 30.5 Å². The number of hydrogen-bond donors (Lipinski definition) is 4. The molecular formula is C21H39FN6O2. The van der Waals surface area contributed by atoms with Crippen LogP contribution in [0.2, 0.25) is 0 Å². The molecule has 0 bridgehead atoms. The van der Waals surface area contributed by atoms with Gasteiger partial charge in [-0.2, -0.15) is 0 Å². The van der Waals surface area contributed by atoms with Gasteiger partial charge in [0.15, 0.2) is 0 Å². The maximum absolute atomic E-state index is 14.0. The minimum atomic E-state index is -0.965. The van der Waals surface area contributed by atoms with E-state index in [4.69, 9.17) is 16.2 Å². The lowest BCUT2D eigenvalue weighted by atomic mass is 9.83. The molecule has 0 radical (unpaired) electrons. The number of nitrogens with zero attached hydrogens (tertiary/aromatic N) is 2. The molecule has 5 atom stereocenters. The van der Waals surface area contributed by atoms with Gasteiger partial charge in [0.1, 0.15) is 12.1 Å². The average Bonchev–Trinajstić information content (AvgIpc) is 2.91. The Balaban J connectivity index is 1.75. The van der Waals surface area contributed by atoms with Crippen LogP contribution < -0.4 is 22.1 Å². The lowest BCUT2D eigenvalue weighted by Gasteiger charge is -2.42. The topological polar surface area (TPSA) is 118 Å². The van der Waals surface area contributed by atoms with E-state index in [0.29, 0.717) is 25.1 Å². The number of hydrogen-bond acceptors (Lipinski definition) is 7. The summed E-state index contributed by atoms with van der Waals surface area (Å²) >= 11 is 0. The number of alkyl halides is 1. The molecule has 9 heteroatoms. The van der Waals surface area contributed by atoms with Crippen molar-refractivity contribution in [1.29, 1.82) is 0 Å². The monoisotopic (exact) mass is 426 g/mol. The van der Waals surface area contributed by atoms with Crippen molar-refractivity contribution in [2.75, 3.05) is 45.9 Å². The molecule has 0 aromatic heterocycles. The normalized spacial score (nSPS) is 32.4. The highest BCUT2D eigenvalue weighted by Crippen LogP contribution is 2.26. The highest BCUT2D eigenvalue weighted by molar-refractivity contribution is 6.06. The highest BCUT2D eigenvalue weighted by Gasteiger charge is 2.38. The molecule has 3 heterocycles. The second-order valence-corrected chi connectivity index (χ2v) is 8.80. The molecule has 2 saturated heterocycles. The van der Waals surface area contributed by atoms with Gasteiger partial charge in [0, 0.05) is 31.4 Å². The van der Waals surface area contributed by atoms with Crippen LogP contribution in [0.5, 0.6) is 0 Å². The fraction of sp³-hybridized carbons (Fsp3) is 0.905. The van der Waals surface area contributed by atoms with Gasteiger partial charge in [0.2, 0.25) is 5.91 Å². The van der Waals surface area contributed by atoms with Crippen LogP contribution in [0, 0.1) is 11.8 Å². The predicted octanol–water partition coefficient (Wildman–Crippen LogP) is 0.0142. The number of ether oxygens (including phenoxy) is 1. The zero-order chi connectivity index (χ0) is 21.5. The number of aliphatic imine (C=N–C) groups is 1. The van der Waals surface area contributed by atoms with Gasteiger partial charge in [-0.3, -0.25) is 14.7 Å². The van der Waals surface area contributed by atoms with Gasteiger partial charge in [0.25, 0.3) is 0 Å². The number of nitrogens with two attached hydrogens (primary N) is 2. The van der Waals surface area contributed by atoms with E-state index in [0.717, 1.165) is 52.1 Å². The number of piperidine rings is 1. The number of rotatable bonds is 7. The maximum Gasteiger partial charge on any atom is 0.232 e. The third kappa shape index (κ3) is 5.97. The molecule has 6 N–H and O–H groups in total. The van der Waals surface area contributed by atoms with Crippen molar-refractivity contribution in [1.82, 2.24) is 15.5 Å². The number of carbonyl (C=O) groups is 1. The molecule has 5 unspecified atom stereocenters. The lowest BCUT2D eigenvalue weighted by molar-refractivity contribution is -0.125. The van der Waals surface area contributed by atoms with Crippen LogP contribution in [0.4, 0.5) is 4.39 Å². The van der Waals surface area contributed by atoms with Crippen LogP contribution in [0.1, 0.15) is 39.0 Å². The number of halogens is 1. The molecule has 3 aliphatic heterocycles. The minimum Gasteiger partial charge on any atom is -0.379 e. The second-order valence-electron chi connectivity index (χ2n) is 8.80. The van der Waals surface area contributed by atoms with E-state index < -0.39 is 18.3 Å². The molecular weight excluding hydrogens is 387 g/mol. The van der Waals surface area contributed by atoms with Crippen LogP contribution >= 0.6 is 0 Å². The third-order valence-corrected chi connectivity index (χ3v) is 6.63. The Morgan fingerprint density at radius 3 is 2.80 bits per heavy atom. The molecule has 0 aromatic carbocycles. The first-order valence-corrected chi connectivity index (χ1v) is 11.5. The molecule has 0 aliphatic carbocycles. The summed E-state index contributed by atoms with van der Waals surface area (Å²) < 4.78 is 19.5. The summed E-state index contributed by atoms with van der Waals surface area (Å²) in [5, 5.41) is 6.61. The summed E-state index contributed by atoms with van der Waals surface area (Å²) in [4.78, 5) is 20.3. The van der Waals surface area contributed by atoms with E-state index >= 15 is 0 Å². The van der Waals surface area contributed by atoms with Crippen molar-refractivity contribution >= 4 is 11.6 Å². The van der Waals surface area contributed by atoms with Gasteiger partial charge >= 0.3 is 0 Å². The largest absolute Gasteiger partial charge is 0.379 e. The standard InChI is InChI=1S/C21H39FN6O2/c1-2-3-14-4-5-15(22)12-26-19(14)18(20(23)24)21(29)27-16-13-25-7-6-17(16)28-8-10-30-11-9-28/h14-18,20,25H,2-13,23-24H2,1H3,(H,27,29). The van der Waals surface area contributed by atoms with Crippen LogP contribution in [0.25, 0.3) is 0 Å². The first kappa shape index (κ1) is 23.5. The van der Waals surface area contributed by atoms with E-state index in [1.807, 2.05) is 0 Å². The molecule has 172 valence electrons. The smallest absolute Gasteiger partial charge is 0.232 e. The molecule has 3 rings (SSSR count). The maximum atomic E-state index is 14.0.